The van der Waals surface area contributed by atoms with E-state index in [0.29, 0.717) is 5.69 Å². The van der Waals surface area contributed by atoms with Crippen LogP contribution in [0.3, 0.4) is 0 Å². The van der Waals surface area contributed by atoms with Crippen LogP contribution in [0.25, 0.3) is 0 Å². The molecule has 1 fully saturated rings. The van der Waals surface area contributed by atoms with Crippen molar-refractivity contribution in [1.29, 1.82) is 0 Å². The molecule has 130 valence electrons. The number of nitrogens with zero attached hydrogens (tertiary/aromatic N) is 2. The fourth-order valence-corrected chi connectivity index (χ4v) is 3.03. The minimum Gasteiger partial charge on any atom is -0.461 e. The van der Waals surface area contributed by atoms with Gasteiger partial charge in [-0.25, -0.2) is 14.7 Å². The third-order valence-electron chi connectivity index (χ3n) is 3.82. The predicted octanol–water partition coefficient (Wildman–Crippen LogP) is 0.875. The molecule has 2 heterocycles. The molecule has 0 aromatic heterocycles. The first-order chi connectivity index (χ1) is 11.9. The molecule has 1 aromatic carbocycles. The van der Waals surface area contributed by atoms with Gasteiger partial charge in [-0.3, -0.25) is 19.8 Å². The average Bonchev–Trinajstić information content (AvgIpc) is 3.07. The number of ether oxygens (including phenoxy) is 1. The SMILES string of the molecule is CCOC(=O)C1=C2C(=O)N(c3ccc(Br)cc3)C(=O)[C@@H]2N(C(C)=O)N1. The zero-order chi connectivity index (χ0) is 18.3. The number of hydrogen-bond donors (Lipinski definition) is 1. The number of amides is 3. The molecule has 0 spiro atoms. The molecule has 1 atom stereocenters. The standard InChI is InChI=1S/C16H14BrN3O5/c1-3-25-16(24)12-11-13(20(18-12)8(2)21)15(23)19(14(11)22)10-6-4-9(17)5-7-10/h4-7,13,18H,3H2,1-2H3/t13-/m1/s1. The van der Waals surface area contributed by atoms with Crippen molar-refractivity contribution < 1.29 is 23.9 Å². The summed E-state index contributed by atoms with van der Waals surface area (Å²) in [5, 5.41) is 0.973. The highest BCUT2D eigenvalue weighted by molar-refractivity contribution is 9.10. The number of hydrazine groups is 1. The number of nitrogens with one attached hydrogen (secondary N) is 1. The molecule has 9 heteroatoms. The van der Waals surface area contributed by atoms with E-state index in [4.69, 9.17) is 4.74 Å². The summed E-state index contributed by atoms with van der Waals surface area (Å²) < 4.78 is 5.70. The Morgan fingerprint density at radius 1 is 1.24 bits per heavy atom. The maximum absolute atomic E-state index is 12.8. The molecule has 25 heavy (non-hydrogen) atoms. The van der Waals surface area contributed by atoms with Gasteiger partial charge in [-0.05, 0) is 31.2 Å². The van der Waals surface area contributed by atoms with Crippen LogP contribution in [0, 0.1) is 0 Å². The first-order valence-corrected chi connectivity index (χ1v) is 8.27. The normalized spacial score (nSPS) is 19.2. The lowest BCUT2D eigenvalue weighted by atomic mass is 10.1. The van der Waals surface area contributed by atoms with E-state index in [1.54, 1.807) is 31.2 Å². The van der Waals surface area contributed by atoms with E-state index in [2.05, 4.69) is 21.4 Å². The van der Waals surface area contributed by atoms with Crippen molar-refractivity contribution in [2.45, 2.75) is 19.9 Å². The first kappa shape index (κ1) is 17.2. The Morgan fingerprint density at radius 3 is 2.44 bits per heavy atom. The van der Waals surface area contributed by atoms with Gasteiger partial charge in [0.1, 0.15) is 0 Å². The van der Waals surface area contributed by atoms with Crippen LogP contribution in [0.1, 0.15) is 13.8 Å². The average molecular weight is 408 g/mol. The summed E-state index contributed by atoms with van der Waals surface area (Å²) in [6, 6.07) is 5.37. The third kappa shape index (κ3) is 2.70. The van der Waals surface area contributed by atoms with Gasteiger partial charge in [0.25, 0.3) is 11.8 Å². The first-order valence-electron chi connectivity index (χ1n) is 7.48. The number of hydrogen-bond acceptors (Lipinski definition) is 6. The van der Waals surface area contributed by atoms with Crippen LogP contribution >= 0.6 is 15.9 Å². The van der Waals surface area contributed by atoms with E-state index >= 15 is 0 Å². The molecule has 8 nitrogen and oxygen atoms in total. The molecule has 1 N–H and O–H groups in total. The number of esters is 1. The van der Waals surface area contributed by atoms with Crippen LogP contribution in [-0.4, -0.2) is 41.3 Å². The lowest BCUT2D eigenvalue weighted by Gasteiger charge is -2.23. The fraction of sp³-hybridized carbons (Fsp3) is 0.250. The summed E-state index contributed by atoms with van der Waals surface area (Å²) in [6.45, 7) is 2.95. The van der Waals surface area contributed by atoms with Crippen LogP contribution in [0.4, 0.5) is 5.69 Å². The lowest BCUT2D eigenvalue weighted by Crippen LogP contribution is -2.48. The number of carbonyl (C=O) groups excluding carboxylic acids is 4. The quantitative estimate of drug-likeness (QED) is 0.589. The maximum atomic E-state index is 12.8. The van der Waals surface area contributed by atoms with E-state index in [0.717, 1.165) is 14.4 Å². The Hall–Kier alpha value is -2.68. The van der Waals surface area contributed by atoms with Crippen LogP contribution in [0.5, 0.6) is 0 Å². The van der Waals surface area contributed by atoms with Gasteiger partial charge in [-0.2, -0.15) is 0 Å². The molecule has 0 aliphatic carbocycles. The summed E-state index contributed by atoms with van der Waals surface area (Å²) >= 11 is 3.29. The van der Waals surface area contributed by atoms with E-state index in [9.17, 15) is 19.2 Å². The number of rotatable bonds is 3. The smallest absolute Gasteiger partial charge is 0.356 e. The van der Waals surface area contributed by atoms with Crippen LogP contribution in [0.15, 0.2) is 40.0 Å². The molecular weight excluding hydrogens is 394 g/mol. The second kappa shape index (κ2) is 6.32. The molecule has 2 aliphatic heterocycles. The van der Waals surface area contributed by atoms with Crippen molar-refractivity contribution in [3.63, 3.8) is 0 Å². The van der Waals surface area contributed by atoms with Gasteiger partial charge in [0.05, 0.1) is 17.9 Å². The summed E-state index contributed by atoms with van der Waals surface area (Å²) in [5.41, 5.74) is 2.62. The summed E-state index contributed by atoms with van der Waals surface area (Å²) in [4.78, 5) is 50.6. The van der Waals surface area contributed by atoms with Gasteiger partial charge in [-0.1, -0.05) is 15.9 Å². The van der Waals surface area contributed by atoms with Gasteiger partial charge in [0.15, 0.2) is 11.7 Å². The second-order valence-electron chi connectivity index (χ2n) is 5.37. The zero-order valence-corrected chi connectivity index (χ0v) is 15.0. The number of benzene rings is 1. The number of imide groups is 1. The van der Waals surface area contributed by atoms with Crippen molar-refractivity contribution in [3.8, 4) is 0 Å². The van der Waals surface area contributed by atoms with Crippen molar-refractivity contribution in [3.05, 3.63) is 40.0 Å². The maximum Gasteiger partial charge on any atom is 0.356 e. The Morgan fingerprint density at radius 2 is 1.88 bits per heavy atom. The molecule has 1 saturated heterocycles. The molecule has 0 radical (unpaired) electrons. The van der Waals surface area contributed by atoms with Gasteiger partial charge in [0.2, 0.25) is 5.91 Å². The van der Waals surface area contributed by atoms with Gasteiger partial charge < -0.3 is 4.74 Å². The molecule has 3 amide bonds. The molecule has 0 unspecified atom stereocenters. The summed E-state index contributed by atoms with van der Waals surface area (Å²) in [6.07, 6.45) is 0. The highest BCUT2D eigenvalue weighted by Crippen LogP contribution is 2.34. The number of anilines is 1. The van der Waals surface area contributed by atoms with Crippen molar-refractivity contribution in [2.24, 2.45) is 0 Å². The minimum absolute atomic E-state index is 0.0819. The highest BCUT2D eigenvalue weighted by Gasteiger charge is 2.55. The fourth-order valence-electron chi connectivity index (χ4n) is 2.77. The summed E-state index contributed by atoms with van der Waals surface area (Å²) in [7, 11) is 0. The van der Waals surface area contributed by atoms with Gasteiger partial charge >= 0.3 is 5.97 Å². The Labute approximate surface area is 151 Å². The van der Waals surface area contributed by atoms with Crippen LogP contribution in [0.2, 0.25) is 0 Å². The van der Waals surface area contributed by atoms with Crippen molar-refractivity contribution >= 4 is 45.3 Å². The predicted molar refractivity (Wildman–Crippen MR) is 89.7 cm³/mol. The van der Waals surface area contributed by atoms with E-state index in [-0.39, 0.29) is 17.9 Å². The Balaban J connectivity index is 2.08. The van der Waals surface area contributed by atoms with Gasteiger partial charge in [0, 0.05) is 11.4 Å². The molecule has 3 rings (SSSR count). The topological polar surface area (TPSA) is 96.0 Å². The highest BCUT2D eigenvalue weighted by atomic mass is 79.9. The minimum atomic E-state index is -1.19. The molecule has 0 bridgehead atoms. The molecule has 1 aromatic rings. The number of halogens is 1. The largest absolute Gasteiger partial charge is 0.461 e. The number of fused-ring (bicyclic) bond motifs is 1. The molecule has 0 saturated carbocycles. The third-order valence-corrected chi connectivity index (χ3v) is 4.35. The van der Waals surface area contributed by atoms with Crippen molar-refractivity contribution in [2.75, 3.05) is 11.5 Å². The van der Waals surface area contributed by atoms with E-state index < -0.39 is 29.7 Å². The van der Waals surface area contributed by atoms with Crippen molar-refractivity contribution in [1.82, 2.24) is 10.4 Å². The van der Waals surface area contributed by atoms with Gasteiger partial charge in [-0.15, -0.1) is 0 Å². The van der Waals surface area contributed by atoms with E-state index in [1.807, 2.05) is 0 Å². The molecular formula is C16H14BrN3O5. The van der Waals surface area contributed by atoms with Crippen LogP contribution in [-0.2, 0) is 23.9 Å². The number of carbonyl (C=O) groups is 4. The second-order valence-corrected chi connectivity index (χ2v) is 6.28. The Kier molecular flexibility index (Phi) is 4.34. The zero-order valence-electron chi connectivity index (χ0n) is 13.4. The molecule has 2 aliphatic rings. The summed E-state index contributed by atoms with van der Waals surface area (Å²) in [5.74, 6) is -2.55. The lowest BCUT2D eigenvalue weighted by molar-refractivity contribution is -0.141. The van der Waals surface area contributed by atoms with Crippen LogP contribution < -0.4 is 10.3 Å². The Bertz CT molecular complexity index is 818. The van der Waals surface area contributed by atoms with E-state index in [1.165, 1.54) is 6.92 Å². The monoisotopic (exact) mass is 407 g/mol.